The molecule has 10 heteroatoms. The van der Waals surface area contributed by atoms with Crippen LogP contribution in [0.3, 0.4) is 0 Å². The van der Waals surface area contributed by atoms with Gasteiger partial charge in [0.05, 0.1) is 23.7 Å². The second-order valence-corrected chi connectivity index (χ2v) is 10.8. The Morgan fingerprint density at radius 3 is 2.48 bits per heavy atom. The fourth-order valence-electron chi connectivity index (χ4n) is 4.59. The summed E-state index contributed by atoms with van der Waals surface area (Å²) < 4.78 is 43.9. The van der Waals surface area contributed by atoms with Gasteiger partial charge in [0.15, 0.2) is 11.6 Å². The average Bonchev–Trinajstić information content (AvgIpc) is 3.34. The number of hydrogen-bond donors (Lipinski definition) is 1. The smallest absolute Gasteiger partial charge is 0.256 e. The number of aromatic nitrogens is 4. The highest BCUT2D eigenvalue weighted by atomic mass is 19.1. The van der Waals surface area contributed by atoms with Crippen LogP contribution in [0.25, 0.3) is 11.4 Å². The third kappa shape index (κ3) is 6.74. The van der Waals surface area contributed by atoms with Crippen LogP contribution in [0.1, 0.15) is 55.0 Å². The summed E-state index contributed by atoms with van der Waals surface area (Å²) in [6.45, 7) is 5.50. The lowest BCUT2D eigenvalue weighted by Gasteiger charge is -2.40. The Morgan fingerprint density at radius 2 is 1.82 bits per heavy atom. The third-order valence-electron chi connectivity index (χ3n) is 6.53. The number of halogens is 3. The van der Waals surface area contributed by atoms with Crippen molar-refractivity contribution in [1.29, 1.82) is 0 Å². The maximum Gasteiger partial charge on any atom is 0.256 e. The Bertz CT molecular complexity index is 1420. The molecular formula is C30H33F3N6O. The van der Waals surface area contributed by atoms with E-state index in [2.05, 4.69) is 10.1 Å². The fourth-order valence-corrected chi connectivity index (χ4v) is 4.59. The van der Waals surface area contributed by atoms with E-state index in [0.29, 0.717) is 11.4 Å². The molecule has 0 saturated carbocycles. The van der Waals surface area contributed by atoms with Crippen LogP contribution in [0.2, 0.25) is 0 Å². The summed E-state index contributed by atoms with van der Waals surface area (Å²) in [7, 11) is 0. The first-order chi connectivity index (χ1) is 19.1. The molecule has 2 aromatic carbocycles. The van der Waals surface area contributed by atoms with Gasteiger partial charge in [0, 0.05) is 25.0 Å². The van der Waals surface area contributed by atoms with E-state index in [1.807, 2.05) is 51.1 Å². The Morgan fingerprint density at radius 1 is 1.07 bits per heavy atom. The molecule has 7 nitrogen and oxygen atoms in total. The lowest BCUT2D eigenvalue weighted by Crippen LogP contribution is -2.44. The minimum atomic E-state index is -0.760. The average molecular weight is 551 g/mol. The molecule has 210 valence electrons. The van der Waals surface area contributed by atoms with Crippen molar-refractivity contribution in [3.05, 3.63) is 102 Å². The molecule has 0 aliphatic carbocycles. The van der Waals surface area contributed by atoms with Crippen LogP contribution in [0.15, 0.2) is 73.1 Å². The van der Waals surface area contributed by atoms with E-state index < -0.39 is 35.8 Å². The van der Waals surface area contributed by atoms with Gasteiger partial charge in [0.25, 0.3) is 5.91 Å². The molecule has 1 unspecified atom stereocenters. The van der Waals surface area contributed by atoms with E-state index in [4.69, 9.17) is 10.7 Å². The first kappa shape index (κ1) is 28.9. The topological polar surface area (TPSA) is 89.9 Å². The van der Waals surface area contributed by atoms with Gasteiger partial charge in [-0.1, -0.05) is 51.1 Å². The van der Waals surface area contributed by atoms with E-state index in [1.165, 1.54) is 6.20 Å². The van der Waals surface area contributed by atoms with Gasteiger partial charge in [-0.2, -0.15) is 5.10 Å². The summed E-state index contributed by atoms with van der Waals surface area (Å²) in [5, 5.41) is 4.60. The summed E-state index contributed by atoms with van der Waals surface area (Å²) in [5.74, 6) is -1.27. The highest BCUT2D eigenvalue weighted by Crippen LogP contribution is 2.39. The molecule has 0 fully saturated rings. The minimum Gasteiger partial charge on any atom is -0.328 e. The molecule has 2 heterocycles. The van der Waals surface area contributed by atoms with Gasteiger partial charge in [-0.15, -0.1) is 0 Å². The van der Waals surface area contributed by atoms with E-state index in [9.17, 15) is 18.0 Å². The number of rotatable bonds is 10. The molecule has 2 N–H and O–H groups in total. The lowest BCUT2D eigenvalue weighted by atomic mass is 9.84. The van der Waals surface area contributed by atoms with Crippen molar-refractivity contribution in [3.8, 4) is 11.4 Å². The number of amides is 1. The Kier molecular flexibility index (Phi) is 8.99. The highest BCUT2D eigenvalue weighted by Gasteiger charge is 2.39. The van der Waals surface area contributed by atoms with Gasteiger partial charge < -0.3 is 10.6 Å². The van der Waals surface area contributed by atoms with E-state index in [0.717, 1.165) is 23.8 Å². The van der Waals surface area contributed by atoms with Gasteiger partial charge in [0.2, 0.25) is 0 Å². The number of hydrogen-bond acceptors (Lipinski definition) is 5. The monoisotopic (exact) mass is 550 g/mol. The predicted molar refractivity (Wildman–Crippen MR) is 147 cm³/mol. The molecule has 0 bridgehead atoms. The van der Waals surface area contributed by atoms with Gasteiger partial charge in [-0.3, -0.25) is 9.78 Å². The molecule has 2 atom stereocenters. The van der Waals surface area contributed by atoms with Crippen LogP contribution in [0.4, 0.5) is 13.2 Å². The van der Waals surface area contributed by atoms with Crippen LogP contribution in [0, 0.1) is 17.0 Å². The maximum absolute atomic E-state index is 14.8. The lowest BCUT2D eigenvalue weighted by molar-refractivity contribution is 0.0469. The summed E-state index contributed by atoms with van der Waals surface area (Å²) in [6, 6.07) is 14.4. The van der Waals surface area contributed by atoms with Crippen LogP contribution >= 0.6 is 0 Å². The summed E-state index contributed by atoms with van der Waals surface area (Å²) in [5.41, 5.74) is 6.45. The van der Waals surface area contributed by atoms with E-state index in [-0.39, 0.29) is 36.8 Å². The molecule has 4 aromatic rings. The number of alkyl halides is 1. The molecule has 2 aromatic heterocycles. The fraction of sp³-hybridized carbons (Fsp3) is 0.333. The van der Waals surface area contributed by atoms with Crippen LogP contribution in [0.5, 0.6) is 0 Å². The molecule has 0 spiro atoms. The number of carbonyl (C=O) groups excluding carboxylic acids is 1. The first-order valence-corrected chi connectivity index (χ1v) is 13.0. The molecule has 0 aliphatic heterocycles. The van der Waals surface area contributed by atoms with Crippen molar-refractivity contribution < 1.29 is 18.0 Å². The van der Waals surface area contributed by atoms with Gasteiger partial charge in [-0.25, -0.2) is 22.8 Å². The molecule has 1 amide bonds. The maximum atomic E-state index is 14.8. The van der Waals surface area contributed by atoms with Crippen molar-refractivity contribution in [3.63, 3.8) is 0 Å². The molecule has 40 heavy (non-hydrogen) atoms. The van der Waals surface area contributed by atoms with Crippen molar-refractivity contribution in [1.82, 2.24) is 24.6 Å². The highest BCUT2D eigenvalue weighted by molar-refractivity contribution is 5.94. The second-order valence-electron chi connectivity index (χ2n) is 10.8. The third-order valence-corrected chi connectivity index (χ3v) is 6.53. The second kappa shape index (κ2) is 12.4. The SMILES string of the molecule is CC(C)(C)C(c1nc(-c2cc(F)ccc2F)nn1Cc1ccccc1)N(CC[C@H](N)CF)C(=O)c1cccnc1. The number of benzene rings is 2. The molecule has 0 saturated heterocycles. The van der Waals surface area contributed by atoms with Crippen molar-refractivity contribution in [2.24, 2.45) is 11.1 Å². The van der Waals surface area contributed by atoms with Crippen LogP contribution in [-0.4, -0.2) is 49.8 Å². The van der Waals surface area contributed by atoms with Gasteiger partial charge in [0.1, 0.15) is 18.3 Å². The van der Waals surface area contributed by atoms with Crippen molar-refractivity contribution in [2.45, 2.75) is 45.8 Å². The molecular weight excluding hydrogens is 517 g/mol. The molecule has 0 radical (unpaired) electrons. The standard InChI is InChI=1S/C30H33F3N6O/c1-30(2,3)26(38(15-13-23(34)17-31)29(40)21-10-7-14-35-18-21)28-36-27(24-16-22(32)11-12-25(24)33)37-39(28)19-20-8-5-4-6-9-20/h4-12,14,16,18,23,26H,13,15,17,19,34H2,1-3H3/t23-,26?/m0/s1. The molecule has 4 rings (SSSR count). The quantitative estimate of drug-likeness (QED) is 0.278. The largest absolute Gasteiger partial charge is 0.328 e. The Labute approximate surface area is 231 Å². The minimum absolute atomic E-state index is 0.00795. The molecule has 0 aliphatic rings. The Hall–Kier alpha value is -4.05. The number of carbonyl (C=O) groups is 1. The summed E-state index contributed by atoms with van der Waals surface area (Å²) in [4.78, 5) is 24.3. The van der Waals surface area contributed by atoms with Crippen LogP contribution in [-0.2, 0) is 6.54 Å². The summed E-state index contributed by atoms with van der Waals surface area (Å²) >= 11 is 0. The van der Waals surface area contributed by atoms with Crippen molar-refractivity contribution in [2.75, 3.05) is 13.2 Å². The van der Waals surface area contributed by atoms with Crippen LogP contribution < -0.4 is 5.73 Å². The number of nitrogens with zero attached hydrogens (tertiary/aromatic N) is 5. The van der Waals surface area contributed by atoms with Crippen molar-refractivity contribution >= 4 is 5.91 Å². The first-order valence-electron chi connectivity index (χ1n) is 13.0. The van der Waals surface area contributed by atoms with E-state index >= 15 is 0 Å². The van der Waals surface area contributed by atoms with Gasteiger partial charge in [-0.05, 0) is 47.7 Å². The zero-order chi connectivity index (χ0) is 28.9. The van der Waals surface area contributed by atoms with E-state index in [1.54, 1.807) is 27.9 Å². The number of pyridine rings is 1. The zero-order valence-corrected chi connectivity index (χ0v) is 22.8. The number of nitrogens with two attached hydrogens (primary N) is 1. The summed E-state index contributed by atoms with van der Waals surface area (Å²) in [6.07, 6.45) is 3.23. The zero-order valence-electron chi connectivity index (χ0n) is 22.8. The van der Waals surface area contributed by atoms with Gasteiger partial charge >= 0.3 is 0 Å². The normalized spacial score (nSPS) is 13.2. The predicted octanol–water partition coefficient (Wildman–Crippen LogP) is 5.58. The Balaban J connectivity index is 1.90.